The zero-order valence-corrected chi connectivity index (χ0v) is 11.8. The minimum Gasteiger partial charge on any atom is -0.465 e. The third-order valence-corrected chi connectivity index (χ3v) is 3.57. The number of aromatic nitrogens is 1. The van der Waals surface area contributed by atoms with Crippen LogP contribution in [0.25, 0.3) is 0 Å². The summed E-state index contributed by atoms with van der Waals surface area (Å²) in [6, 6.07) is 4.65. The molecule has 1 fully saturated rings. The van der Waals surface area contributed by atoms with E-state index in [0.717, 1.165) is 31.6 Å². The zero-order chi connectivity index (χ0) is 14.4. The highest BCUT2D eigenvalue weighted by atomic mass is 16.4. The Kier molecular flexibility index (Phi) is 5.17. The largest absolute Gasteiger partial charge is 0.465 e. The molecule has 110 valence electrons. The highest BCUT2D eigenvalue weighted by Crippen LogP contribution is 2.19. The van der Waals surface area contributed by atoms with Crippen molar-refractivity contribution < 1.29 is 9.90 Å². The number of hydrogen-bond donors (Lipinski definition) is 3. The molecule has 20 heavy (non-hydrogen) atoms. The molecule has 0 radical (unpaired) electrons. The van der Waals surface area contributed by atoms with Crippen LogP contribution < -0.4 is 15.5 Å². The van der Waals surface area contributed by atoms with Gasteiger partial charge in [-0.15, -0.1) is 0 Å². The van der Waals surface area contributed by atoms with Crippen LogP contribution in [0.3, 0.4) is 0 Å². The molecule has 0 aromatic carbocycles. The number of hydrogen-bond acceptors (Lipinski definition) is 4. The van der Waals surface area contributed by atoms with E-state index >= 15 is 0 Å². The summed E-state index contributed by atoms with van der Waals surface area (Å²) in [6.07, 6.45) is 3.05. The van der Waals surface area contributed by atoms with Crippen molar-refractivity contribution >= 4 is 11.8 Å². The van der Waals surface area contributed by atoms with Gasteiger partial charge in [0.05, 0.1) is 0 Å². The Morgan fingerprint density at radius 2 is 2.20 bits per heavy atom. The van der Waals surface area contributed by atoms with Gasteiger partial charge in [0.15, 0.2) is 0 Å². The van der Waals surface area contributed by atoms with Crippen LogP contribution in [0.1, 0.15) is 18.5 Å². The smallest absolute Gasteiger partial charge is 0.404 e. The molecule has 0 atom stereocenters. The van der Waals surface area contributed by atoms with Crippen LogP contribution in [0.15, 0.2) is 18.3 Å². The normalized spacial score (nSPS) is 16.1. The van der Waals surface area contributed by atoms with Gasteiger partial charge in [-0.3, -0.25) is 4.98 Å². The molecule has 2 heterocycles. The molecule has 1 saturated heterocycles. The summed E-state index contributed by atoms with van der Waals surface area (Å²) in [4.78, 5) is 16.9. The molecule has 1 aromatic heterocycles. The Balaban J connectivity index is 1.71. The zero-order valence-electron chi connectivity index (χ0n) is 11.8. The van der Waals surface area contributed by atoms with Crippen LogP contribution in [-0.2, 0) is 0 Å². The summed E-state index contributed by atoms with van der Waals surface area (Å²) in [5.74, 6) is 0. The predicted octanol–water partition coefficient (Wildman–Crippen LogP) is 1.22. The van der Waals surface area contributed by atoms with E-state index in [1.807, 2.05) is 13.1 Å². The Bertz CT molecular complexity index is 445. The number of piperidine rings is 1. The number of anilines is 1. The van der Waals surface area contributed by atoms with Gasteiger partial charge in [-0.05, 0) is 31.9 Å². The molecule has 1 aromatic rings. The summed E-state index contributed by atoms with van der Waals surface area (Å²) in [5.41, 5.74) is 2.28. The standard InChI is InChI=1S/C14H22N4O2/c1-11-10-13(2-5-15-11)18-8-3-12(4-9-18)16-6-7-17-14(19)20/h2,5,10,12,16-17H,3-4,6-9H2,1H3,(H,19,20). The maximum Gasteiger partial charge on any atom is 0.404 e. The molecule has 3 N–H and O–H groups in total. The van der Waals surface area contributed by atoms with Gasteiger partial charge in [0.2, 0.25) is 0 Å². The summed E-state index contributed by atoms with van der Waals surface area (Å²) in [5, 5.41) is 14.2. The summed E-state index contributed by atoms with van der Waals surface area (Å²) in [7, 11) is 0. The number of carboxylic acid groups (broad SMARTS) is 1. The van der Waals surface area contributed by atoms with Crippen molar-refractivity contribution in [2.75, 3.05) is 31.1 Å². The van der Waals surface area contributed by atoms with E-state index in [1.165, 1.54) is 5.69 Å². The highest BCUT2D eigenvalue weighted by molar-refractivity contribution is 5.64. The van der Waals surface area contributed by atoms with Crippen molar-refractivity contribution in [2.45, 2.75) is 25.8 Å². The molecule has 0 aliphatic carbocycles. The average molecular weight is 278 g/mol. The number of aryl methyl sites for hydroxylation is 1. The van der Waals surface area contributed by atoms with Crippen LogP contribution in [-0.4, -0.2) is 48.4 Å². The van der Waals surface area contributed by atoms with Gasteiger partial charge in [0, 0.05) is 49.8 Å². The van der Waals surface area contributed by atoms with Crippen LogP contribution in [0.5, 0.6) is 0 Å². The Morgan fingerprint density at radius 3 is 2.85 bits per heavy atom. The second-order valence-electron chi connectivity index (χ2n) is 5.10. The molecule has 6 heteroatoms. The first-order valence-electron chi connectivity index (χ1n) is 7.03. The minimum absolute atomic E-state index is 0.457. The maximum absolute atomic E-state index is 10.3. The van der Waals surface area contributed by atoms with Gasteiger partial charge >= 0.3 is 6.09 Å². The highest BCUT2D eigenvalue weighted by Gasteiger charge is 2.18. The molecule has 0 saturated carbocycles. The number of rotatable bonds is 5. The summed E-state index contributed by atoms with van der Waals surface area (Å²) >= 11 is 0. The van der Waals surface area contributed by atoms with E-state index in [4.69, 9.17) is 5.11 Å². The first-order valence-corrected chi connectivity index (χ1v) is 7.03. The second kappa shape index (κ2) is 7.09. The van der Waals surface area contributed by atoms with E-state index in [-0.39, 0.29) is 0 Å². The molecular weight excluding hydrogens is 256 g/mol. The van der Waals surface area contributed by atoms with E-state index in [9.17, 15) is 4.79 Å². The number of nitrogens with one attached hydrogen (secondary N) is 2. The quantitative estimate of drug-likeness (QED) is 0.706. The van der Waals surface area contributed by atoms with Gasteiger partial charge in [-0.25, -0.2) is 4.79 Å². The molecule has 0 bridgehead atoms. The monoisotopic (exact) mass is 278 g/mol. The van der Waals surface area contributed by atoms with E-state index in [0.29, 0.717) is 19.1 Å². The van der Waals surface area contributed by atoms with Gasteiger partial charge in [-0.1, -0.05) is 0 Å². The number of carbonyl (C=O) groups is 1. The van der Waals surface area contributed by atoms with Gasteiger partial charge in [-0.2, -0.15) is 0 Å². The number of nitrogens with zero attached hydrogens (tertiary/aromatic N) is 2. The fraction of sp³-hybridized carbons (Fsp3) is 0.571. The van der Waals surface area contributed by atoms with E-state index < -0.39 is 6.09 Å². The SMILES string of the molecule is Cc1cc(N2CCC(NCCNC(=O)O)CC2)ccn1. The molecule has 0 unspecified atom stereocenters. The lowest BCUT2D eigenvalue weighted by molar-refractivity contribution is 0.194. The molecule has 0 spiro atoms. The van der Waals surface area contributed by atoms with Gasteiger partial charge in [0.25, 0.3) is 0 Å². The second-order valence-corrected chi connectivity index (χ2v) is 5.10. The third-order valence-electron chi connectivity index (χ3n) is 3.57. The lowest BCUT2D eigenvalue weighted by Gasteiger charge is -2.34. The third kappa shape index (κ3) is 4.38. The first-order chi connectivity index (χ1) is 9.65. The number of pyridine rings is 1. The Morgan fingerprint density at radius 1 is 1.45 bits per heavy atom. The van der Waals surface area contributed by atoms with Crippen LogP contribution in [0.4, 0.5) is 10.5 Å². The Labute approximate surface area is 119 Å². The minimum atomic E-state index is -0.963. The van der Waals surface area contributed by atoms with Crippen LogP contribution >= 0.6 is 0 Å². The molecule has 1 amide bonds. The summed E-state index contributed by atoms with van der Waals surface area (Å²) < 4.78 is 0. The van der Waals surface area contributed by atoms with Crippen LogP contribution in [0.2, 0.25) is 0 Å². The van der Waals surface area contributed by atoms with E-state index in [2.05, 4.69) is 32.7 Å². The topological polar surface area (TPSA) is 77.5 Å². The van der Waals surface area contributed by atoms with Crippen LogP contribution in [0, 0.1) is 6.92 Å². The van der Waals surface area contributed by atoms with Crippen molar-refractivity contribution in [2.24, 2.45) is 0 Å². The Hall–Kier alpha value is -1.82. The lowest BCUT2D eigenvalue weighted by Crippen LogP contribution is -2.44. The van der Waals surface area contributed by atoms with Crippen molar-refractivity contribution in [3.63, 3.8) is 0 Å². The van der Waals surface area contributed by atoms with E-state index in [1.54, 1.807) is 0 Å². The van der Waals surface area contributed by atoms with Crippen molar-refractivity contribution in [3.05, 3.63) is 24.0 Å². The van der Waals surface area contributed by atoms with Crippen molar-refractivity contribution in [1.29, 1.82) is 0 Å². The molecule has 1 aliphatic heterocycles. The first kappa shape index (κ1) is 14.6. The van der Waals surface area contributed by atoms with Crippen molar-refractivity contribution in [1.82, 2.24) is 15.6 Å². The lowest BCUT2D eigenvalue weighted by atomic mass is 10.0. The fourth-order valence-corrected chi connectivity index (χ4v) is 2.51. The summed E-state index contributed by atoms with van der Waals surface area (Å²) in [6.45, 7) is 5.19. The predicted molar refractivity (Wildman–Crippen MR) is 78.2 cm³/mol. The van der Waals surface area contributed by atoms with Gasteiger partial charge < -0.3 is 20.6 Å². The fourth-order valence-electron chi connectivity index (χ4n) is 2.51. The number of amides is 1. The molecule has 1 aliphatic rings. The average Bonchev–Trinajstić information content (AvgIpc) is 2.44. The molecule has 6 nitrogen and oxygen atoms in total. The molecule has 2 rings (SSSR count). The maximum atomic E-state index is 10.3. The molecular formula is C14H22N4O2. The van der Waals surface area contributed by atoms with Gasteiger partial charge in [0.1, 0.15) is 0 Å². The van der Waals surface area contributed by atoms with Crippen molar-refractivity contribution in [3.8, 4) is 0 Å².